The summed E-state index contributed by atoms with van der Waals surface area (Å²) in [4.78, 5) is 0. The Morgan fingerprint density at radius 2 is 1.89 bits per heavy atom. The fourth-order valence-corrected chi connectivity index (χ4v) is 1.92. The Morgan fingerprint density at radius 1 is 1.06 bits per heavy atom. The Morgan fingerprint density at radius 3 is 2.61 bits per heavy atom. The number of aryl methyl sites for hydroxylation is 1. The first-order valence-corrected chi connectivity index (χ1v) is 6.33. The lowest BCUT2D eigenvalue weighted by molar-refractivity contribution is 1.15. The standard InChI is InChI=1S/C15H17ClN2/c1-11-6-7-14(9-15(11)16)18-10-12-4-3-5-13(8-12)17-2/h3-9,17-18H,10H2,1-2H3. The maximum atomic E-state index is 6.09. The van der Waals surface area contributed by atoms with E-state index in [1.165, 1.54) is 5.56 Å². The van der Waals surface area contributed by atoms with Crippen LogP contribution in [0.3, 0.4) is 0 Å². The smallest absolute Gasteiger partial charge is 0.0455 e. The predicted octanol–water partition coefficient (Wildman–Crippen LogP) is 4.30. The van der Waals surface area contributed by atoms with Crippen molar-refractivity contribution in [1.29, 1.82) is 0 Å². The van der Waals surface area contributed by atoms with E-state index >= 15 is 0 Å². The second-order valence-corrected chi connectivity index (χ2v) is 4.68. The first-order chi connectivity index (χ1) is 8.69. The summed E-state index contributed by atoms with van der Waals surface area (Å²) in [6.07, 6.45) is 0. The highest BCUT2D eigenvalue weighted by Crippen LogP contribution is 2.20. The molecule has 0 heterocycles. The summed E-state index contributed by atoms with van der Waals surface area (Å²) in [5.41, 5.74) is 4.50. The largest absolute Gasteiger partial charge is 0.388 e. The van der Waals surface area contributed by atoms with E-state index in [1.54, 1.807) is 0 Å². The van der Waals surface area contributed by atoms with Crippen LogP contribution in [0, 0.1) is 6.92 Å². The monoisotopic (exact) mass is 260 g/mol. The summed E-state index contributed by atoms with van der Waals surface area (Å²) in [6, 6.07) is 14.3. The van der Waals surface area contributed by atoms with Crippen molar-refractivity contribution in [3.8, 4) is 0 Å². The number of anilines is 2. The van der Waals surface area contributed by atoms with Crippen molar-refractivity contribution in [2.45, 2.75) is 13.5 Å². The molecule has 0 atom stereocenters. The van der Waals surface area contributed by atoms with Gasteiger partial charge in [0.1, 0.15) is 0 Å². The highest BCUT2D eigenvalue weighted by Gasteiger charge is 1.98. The van der Waals surface area contributed by atoms with E-state index in [1.807, 2.05) is 44.3 Å². The molecule has 18 heavy (non-hydrogen) atoms. The van der Waals surface area contributed by atoms with E-state index in [2.05, 4.69) is 22.8 Å². The third-order valence-corrected chi connectivity index (χ3v) is 3.29. The molecule has 3 heteroatoms. The maximum Gasteiger partial charge on any atom is 0.0455 e. The Labute approximate surface area is 113 Å². The van der Waals surface area contributed by atoms with Gasteiger partial charge >= 0.3 is 0 Å². The Kier molecular flexibility index (Phi) is 4.11. The summed E-state index contributed by atoms with van der Waals surface area (Å²) in [6.45, 7) is 2.79. The first kappa shape index (κ1) is 12.8. The Balaban J connectivity index is 2.04. The molecule has 0 spiro atoms. The van der Waals surface area contributed by atoms with Gasteiger partial charge in [-0.25, -0.2) is 0 Å². The minimum Gasteiger partial charge on any atom is -0.388 e. The molecule has 0 unspecified atom stereocenters. The lowest BCUT2D eigenvalue weighted by atomic mass is 10.2. The molecule has 0 bridgehead atoms. The zero-order chi connectivity index (χ0) is 13.0. The van der Waals surface area contributed by atoms with Crippen LogP contribution < -0.4 is 10.6 Å². The number of rotatable bonds is 4. The third-order valence-electron chi connectivity index (χ3n) is 2.88. The van der Waals surface area contributed by atoms with Gasteiger partial charge in [0, 0.05) is 30.0 Å². The molecular formula is C15H17ClN2. The average Bonchev–Trinajstić information content (AvgIpc) is 2.40. The van der Waals surface area contributed by atoms with Gasteiger partial charge in [-0.3, -0.25) is 0 Å². The SMILES string of the molecule is CNc1cccc(CNc2ccc(C)c(Cl)c2)c1. The quantitative estimate of drug-likeness (QED) is 0.856. The lowest BCUT2D eigenvalue weighted by Gasteiger charge is -2.09. The minimum atomic E-state index is 0.787. The van der Waals surface area contributed by atoms with Crippen LogP contribution in [0.5, 0.6) is 0 Å². The number of benzene rings is 2. The average molecular weight is 261 g/mol. The second kappa shape index (κ2) is 5.78. The summed E-state index contributed by atoms with van der Waals surface area (Å²) in [7, 11) is 1.92. The van der Waals surface area contributed by atoms with E-state index in [0.29, 0.717) is 0 Å². The molecule has 2 N–H and O–H groups in total. The molecule has 0 aliphatic carbocycles. The molecule has 0 radical (unpaired) electrons. The van der Waals surface area contributed by atoms with Crippen LogP contribution in [0.4, 0.5) is 11.4 Å². The number of halogens is 1. The van der Waals surface area contributed by atoms with Crippen molar-refractivity contribution in [2.24, 2.45) is 0 Å². The van der Waals surface area contributed by atoms with Crippen molar-refractivity contribution in [1.82, 2.24) is 0 Å². The van der Waals surface area contributed by atoms with E-state index in [9.17, 15) is 0 Å². The van der Waals surface area contributed by atoms with Crippen LogP contribution in [0.15, 0.2) is 42.5 Å². The van der Waals surface area contributed by atoms with Gasteiger partial charge < -0.3 is 10.6 Å². The van der Waals surface area contributed by atoms with E-state index < -0.39 is 0 Å². The van der Waals surface area contributed by atoms with Crippen LogP contribution in [0.25, 0.3) is 0 Å². The molecule has 2 aromatic carbocycles. The van der Waals surface area contributed by atoms with Gasteiger partial charge in [0.2, 0.25) is 0 Å². The highest BCUT2D eigenvalue weighted by atomic mass is 35.5. The third kappa shape index (κ3) is 3.17. The zero-order valence-corrected chi connectivity index (χ0v) is 11.4. The van der Waals surface area contributed by atoms with E-state index in [4.69, 9.17) is 11.6 Å². The molecule has 2 nitrogen and oxygen atoms in total. The molecule has 2 rings (SSSR count). The molecule has 2 aromatic rings. The topological polar surface area (TPSA) is 24.1 Å². The highest BCUT2D eigenvalue weighted by molar-refractivity contribution is 6.31. The van der Waals surface area contributed by atoms with Crippen molar-refractivity contribution in [3.05, 3.63) is 58.6 Å². The van der Waals surface area contributed by atoms with Gasteiger partial charge in [-0.05, 0) is 42.3 Å². The minimum absolute atomic E-state index is 0.787. The molecule has 0 aromatic heterocycles. The molecule has 94 valence electrons. The second-order valence-electron chi connectivity index (χ2n) is 4.27. The summed E-state index contributed by atoms with van der Waals surface area (Å²) in [5.74, 6) is 0. The van der Waals surface area contributed by atoms with Crippen molar-refractivity contribution in [3.63, 3.8) is 0 Å². The molecule has 0 saturated carbocycles. The van der Waals surface area contributed by atoms with Gasteiger partial charge in [-0.15, -0.1) is 0 Å². The lowest BCUT2D eigenvalue weighted by Crippen LogP contribution is -2.00. The summed E-state index contributed by atoms with van der Waals surface area (Å²) >= 11 is 6.09. The molecule has 0 amide bonds. The predicted molar refractivity (Wildman–Crippen MR) is 79.5 cm³/mol. The zero-order valence-electron chi connectivity index (χ0n) is 10.6. The fourth-order valence-electron chi connectivity index (χ4n) is 1.74. The van der Waals surface area contributed by atoms with Crippen molar-refractivity contribution < 1.29 is 0 Å². The van der Waals surface area contributed by atoms with E-state index in [-0.39, 0.29) is 0 Å². The molecule has 0 saturated heterocycles. The number of hydrogen-bond acceptors (Lipinski definition) is 2. The van der Waals surface area contributed by atoms with Crippen LogP contribution in [-0.2, 0) is 6.54 Å². The Hall–Kier alpha value is -1.67. The van der Waals surface area contributed by atoms with E-state index in [0.717, 1.165) is 28.5 Å². The van der Waals surface area contributed by atoms with Gasteiger partial charge in [0.15, 0.2) is 0 Å². The first-order valence-electron chi connectivity index (χ1n) is 5.96. The van der Waals surface area contributed by atoms with Gasteiger partial charge in [0.25, 0.3) is 0 Å². The number of hydrogen-bond donors (Lipinski definition) is 2. The summed E-state index contributed by atoms with van der Waals surface area (Å²) < 4.78 is 0. The van der Waals surface area contributed by atoms with Gasteiger partial charge in [-0.1, -0.05) is 29.8 Å². The van der Waals surface area contributed by atoms with Crippen molar-refractivity contribution >= 4 is 23.0 Å². The van der Waals surface area contributed by atoms with Crippen molar-refractivity contribution in [2.75, 3.05) is 17.7 Å². The Bertz CT molecular complexity index is 538. The van der Waals surface area contributed by atoms with Gasteiger partial charge in [0.05, 0.1) is 0 Å². The fraction of sp³-hybridized carbons (Fsp3) is 0.200. The van der Waals surface area contributed by atoms with Crippen LogP contribution in [0.2, 0.25) is 5.02 Å². The van der Waals surface area contributed by atoms with Gasteiger partial charge in [-0.2, -0.15) is 0 Å². The normalized spacial score (nSPS) is 10.2. The summed E-state index contributed by atoms with van der Waals surface area (Å²) in [5, 5.41) is 7.30. The molecule has 0 aliphatic rings. The van der Waals surface area contributed by atoms with Crippen LogP contribution in [-0.4, -0.2) is 7.05 Å². The molecule has 0 aliphatic heterocycles. The van der Waals surface area contributed by atoms with Crippen LogP contribution in [0.1, 0.15) is 11.1 Å². The molecule has 0 fully saturated rings. The maximum absolute atomic E-state index is 6.09. The van der Waals surface area contributed by atoms with Crippen LogP contribution >= 0.6 is 11.6 Å². The molecular weight excluding hydrogens is 244 g/mol. The number of nitrogens with one attached hydrogen (secondary N) is 2.